The topological polar surface area (TPSA) is 106 Å². The molecule has 0 fully saturated rings. The van der Waals surface area contributed by atoms with Gasteiger partial charge in [0.1, 0.15) is 23.4 Å². The fourth-order valence-electron chi connectivity index (χ4n) is 3.38. The summed E-state index contributed by atoms with van der Waals surface area (Å²) in [5.74, 6) is 0.669. The standard InChI is InChI=1S/C25H27N3O5/c1-16-7-8-17(2)22(12-16)32-11-9-24(30)33-15-23(29)27-25-21(13-26)18(3)19(4)28(25)14-20-6-5-10-31-20/h5-8,10,12H,9,11,14-15H2,1-4H3,(H,27,29). The van der Waals surface area contributed by atoms with E-state index in [0.29, 0.717) is 29.4 Å². The lowest BCUT2D eigenvalue weighted by molar-refractivity contribution is -0.147. The number of aromatic nitrogens is 1. The third-order valence-corrected chi connectivity index (χ3v) is 5.36. The van der Waals surface area contributed by atoms with Crippen molar-refractivity contribution in [1.82, 2.24) is 4.57 Å². The largest absolute Gasteiger partial charge is 0.493 e. The molecule has 0 aliphatic rings. The molecule has 33 heavy (non-hydrogen) atoms. The predicted molar refractivity (Wildman–Crippen MR) is 122 cm³/mol. The maximum absolute atomic E-state index is 12.5. The quantitative estimate of drug-likeness (QED) is 0.491. The van der Waals surface area contributed by atoms with Crippen molar-refractivity contribution in [3.05, 3.63) is 70.3 Å². The van der Waals surface area contributed by atoms with Crippen LogP contribution in [0.25, 0.3) is 0 Å². The van der Waals surface area contributed by atoms with E-state index >= 15 is 0 Å². The Bertz CT molecular complexity index is 1190. The molecule has 0 aliphatic heterocycles. The molecule has 0 aliphatic carbocycles. The molecule has 0 saturated carbocycles. The zero-order valence-corrected chi connectivity index (χ0v) is 19.2. The summed E-state index contributed by atoms with van der Waals surface area (Å²) in [6.45, 7) is 7.61. The molecule has 1 N–H and O–H groups in total. The third kappa shape index (κ3) is 5.83. The lowest BCUT2D eigenvalue weighted by Gasteiger charge is -2.12. The molecule has 8 nitrogen and oxygen atoms in total. The number of rotatable bonds is 9. The van der Waals surface area contributed by atoms with E-state index < -0.39 is 18.5 Å². The molecule has 2 aromatic heterocycles. The number of hydrogen-bond acceptors (Lipinski definition) is 6. The Morgan fingerprint density at radius 3 is 2.67 bits per heavy atom. The number of aryl methyl sites for hydroxylation is 2. The van der Waals surface area contributed by atoms with Crippen molar-refractivity contribution in [2.45, 2.75) is 40.7 Å². The van der Waals surface area contributed by atoms with Gasteiger partial charge in [0.2, 0.25) is 0 Å². The molecule has 1 aromatic carbocycles. The van der Waals surface area contributed by atoms with E-state index in [0.717, 1.165) is 22.4 Å². The number of nitriles is 1. The molecule has 0 saturated heterocycles. The Kier molecular flexibility index (Phi) is 7.57. The molecule has 0 unspecified atom stereocenters. The van der Waals surface area contributed by atoms with E-state index in [9.17, 15) is 14.9 Å². The summed E-state index contributed by atoms with van der Waals surface area (Å²) in [7, 11) is 0. The smallest absolute Gasteiger partial charge is 0.309 e. The number of hydrogen-bond donors (Lipinski definition) is 1. The third-order valence-electron chi connectivity index (χ3n) is 5.36. The van der Waals surface area contributed by atoms with Crippen molar-refractivity contribution in [3.63, 3.8) is 0 Å². The average Bonchev–Trinajstić information content (AvgIpc) is 3.37. The van der Waals surface area contributed by atoms with Gasteiger partial charge >= 0.3 is 5.97 Å². The van der Waals surface area contributed by atoms with Crippen molar-refractivity contribution in [2.75, 3.05) is 18.5 Å². The fraction of sp³-hybridized carbons (Fsp3) is 0.320. The van der Waals surface area contributed by atoms with Crippen LogP contribution in [0.5, 0.6) is 5.75 Å². The number of benzene rings is 1. The number of ether oxygens (including phenoxy) is 2. The first-order valence-electron chi connectivity index (χ1n) is 10.6. The number of amides is 1. The predicted octanol–water partition coefficient (Wildman–Crippen LogP) is 4.19. The van der Waals surface area contributed by atoms with Crippen LogP contribution in [-0.2, 0) is 20.9 Å². The van der Waals surface area contributed by atoms with Crippen LogP contribution in [0.4, 0.5) is 5.82 Å². The van der Waals surface area contributed by atoms with Crippen LogP contribution < -0.4 is 10.1 Å². The van der Waals surface area contributed by atoms with E-state index in [1.54, 1.807) is 16.9 Å². The van der Waals surface area contributed by atoms with Gasteiger partial charge in [-0.25, -0.2) is 0 Å². The first-order chi connectivity index (χ1) is 15.8. The Balaban J connectivity index is 1.56. The molecule has 0 atom stereocenters. The SMILES string of the molecule is Cc1ccc(C)c(OCCC(=O)OCC(=O)Nc2c(C#N)c(C)c(C)n2Cc2ccco2)c1. The van der Waals surface area contributed by atoms with Crippen LogP contribution >= 0.6 is 0 Å². The van der Waals surface area contributed by atoms with Gasteiger partial charge in [0.05, 0.1) is 31.4 Å². The van der Waals surface area contributed by atoms with Crippen molar-refractivity contribution < 1.29 is 23.5 Å². The Morgan fingerprint density at radius 2 is 1.97 bits per heavy atom. The molecular formula is C25H27N3O5. The minimum absolute atomic E-state index is 0.0111. The maximum atomic E-state index is 12.5. The van der Waals surface area contributed by atoms with Gasteiger partial charge < -0.3 is 23.8 Å². The van der Waals surface area contributed by atoms with Gasteiger partial charge in [0, 0.05) is 5.69 Å². The van der Waals surface area contributed by atoms with Crippen molar-refractivity contribution in [1.29, 1.82) is 5.26 Å². The van der Waals surface area contributed by atoms with Gasteiger partial charge in [-0.15, -0.1) is 0 Å². The monoisotopic (exact) mass is 449 g/mol. The van der Waals surface area contributed by atoms with E-state index in [1.807, 2.05) is 52.0 Å². The van der Waals surface area contributed by atoms with Gasteiger partial charge in [-0.1, -0.05) is 12.1 Å². The Morgan fingerprint density at radius 1 is 1.18 bits per heavy atom. The van der Waals surface area contributed by atoms with Crippen LogP contribution in [0.15, 0.2) is 41.0 Å². The number of nitrogens with zero attached hydrogens (tertiary/aromatic N) is 2. The second-order valence-corrected chi connectivity index (χ2v) is 7.79. The summed E-state index contributed by atoms with van der Waals surface area (Å²) < 4.78 is 17.9. The first kappa shape index (κ1) is 23.7. The lowest BCUT2D eigenvalue weighted by atomic mass is 10.1. The summed E-state index contributed by atoms with van der Waals surface area (Å²) in [4.78, 5) is 24.5. The van der Waals surface area contributed by atoms with E-state index in [2.05, 4.69) is 11.4 Å². The minimum atomic E-state index is -0.547. The molecule has 8 heteroatoms. The molecule has 1 amide bonds. The van der Waals surface area contributed by atoms with Crippen molar-refractivity contribution >= 4 is 17.7 Å². The molecule has 172 valence electrons. The summed E-state index contributed by atoms with van der Waals surface area (Å²) in [6.07, 6.45) is 1.57. The number of furan rings is 1. The minimum Gasteiger partial charge on any atom is -0.493 e. The number of carbonyl (C=O) groups excluding carboxylic acids is 2. The van der Waals surface area contributed by atoms with Gasteiger partial charge in [0.15, 0.2) is 6.61 Å². The Labute approximate surface area is 192 Å². The van der Waals surface area contributed by atoms with Crippen molar-refractivity contribution in [3.8, 4) is 11.8 Å². The van der Waals surface area contributed by atoms with Crippen LogP contribution in [0.2, 0.25) is 0 Å². The highest BCUT2D eigenvalue weighted by atomic mass is 16.5. The molecule has 3 rings (SSSR count). The molecule has 3 aromatic rings. The van der Waals surface area contributed by atoms with Crippen LogP contribution in [0, 0.1) is 39.0 Å². The van der Waals surface area contributed by atoms with E-state index in [4.69, 9.17) is 13.9 Å². The average molecular weight is 450 g/mol. The van der Waals surface area contributed by atoms with Gasteiger partial charge in [-0.3, -0.25) is 9.59 Å². The fourth-order valence-corrected chi connectivity index (χ4v) is 3.38. The van der Waals surface area contributed by atoms with E-state index in [-0.39, 0.29) is 13.0 Å². The number of esters is 1. The Hall–Kier alpha value is -3.99. The number of anilines is 1. The van der Waals surface area contributed by atoms with Crippen molar-refractivity contribution in [2.24, 2.45) is 0 Å². The second kappa shape index (κ2) is 10.6. The van der Waals surface area contributed by atoms with Gasteiger partial charge in [0.25, 0.3) is 5.91 Å². The zero-order chi connectivity index (χ0) is 24.0. The van der Waals surface area contributed by atoms with Crippen LogP contribution in [0.3, 0.4) is 0 Å². The van der Waals surface area contributed by atoms with Crippen LogP contribution in [-0.4, -0.2) is 29.7 Å². The first-order valence-corrected chi connectivity index (χ1v) is 10.6. The molecule has 0 bridgehead atoms. The van der Waals surface area contributed by atoms with Crippen LogP contribution in [0.1, 0.15) is 40.1 Å². The summed E-state index contributed by atoms with van der Waals surface area (Å²) >= 11 is 0. The normalized spacial score (nSPS) is 10.5. The number of carbonyl (C=O) groups is 2. The number of nitrogens with one attached hydrogen (secondary N) is 1. The van der Waals surface area contributed by atoms with Gasteiger partial charge in [-0.05, 0) is 62.6 Å². The molecule has 2 heterocycles. The summed E-state index contributed by atoms with van der Waals surface area (Å²) in [6, 6.07) is 11.6. The summed E-state index contributed by atoms with van der Waals surface area (Å²) in [5.41, 5.74) is 4.00. The molecule has 0 radical (unpaired) electrons. The second-order valence-electron chi connectivity index (χ2n) is 7.79. The highest BCUT2D eigenvalue weighted by molar-refractivity contribution is 5.93. The van der Waals surface area contributed by atoms with Gasteiger partial charge in [-0.2, -0.15) is 5.26 Å². The molecular weight excluding hydrogens is 422 g/mol. The van der Waals surface area contributed by atoms with E-state index in [1.165, 1.54) is 0 Å². The zero-order valence-electron chi connectivity index (χ0n) is 19.2. The molecule has 0 spiro atoms. The summed E-state index contributed by atoms with van der Waals surface area (Å²) in [5, 5.41) is 12.3. The maximum Gasteiger partial charge on any atom is 0.309 e. The highest BCUT2D eigenvalue weighted by Gasteiger charge is 2.21. The lowest BCUT2D eigenvalue weighted by Crippen LogP contribution is -2.23. The highest BCUT2D eigenvalue weighted by Crippen LogP contribution is 2.27.